The second-order valence-corrected chi connectivity index (χ2v) is 4.22. The van der Waals surface area contributed by atoms with E-state index in [4.69, 9.17) is 11.5 Å². The topological polar surface area (TPSA) is 110 Å². The molecule has 1 aliphatic rings. The molecule has 1 fully saturated rings. The van der Waals surface area contributed by atoms with Gasteiger partial charge in [-0.1, -0.05) is 0 Å². The fourth-order valence-electron chi connectivity index (χ4n) is 1.60. The molecule has 0 aliphatic heterocycles. The molecule has 0 radical (unpaired) electrons. The summed E-state index contributed by atoms with van der Waals surface area (Å²) in [6.07, 6.45) is 3.23. The third-order valence-electron chi connectivity index (χ3n) is 2.79. The van der Waals surface area contributed by atoms with E-state index in [9.17, 15) is 9.59 Å². The Kier molecular flexibility index (Phi) is 4.70. The lowest BCUT2D eigenvalue weighted by atomic mass is 10.1. The molecule has 0 aromatic rings. The number of hydrogen-bond donors (Lipinski definition) is 4. The van der Waals surface area contributed by atoms with Gasteiger partial charge in [-0.05, 0) is 32.7 Å². The van der Waals surface area contributed by atoms with Gasteiger partial charge in [0.25, 0.3) is 0 Å². The van der Waals surface area contributed by atoms with Gasteiger partial charge in [-0.15, -0.1) is 0 Å². The molecule has 1 rings (SSSR count). The van der Waals surface area contributed by atoms with Crippen molar-refractivity contribution >= 4 is 11.8 Å². The average molecular weight is 228 g/mol. The molecule has 0 bridgehead atoms. The van der Waals surface area contributed by atoms with E-state index in [-0.39, 0.29) is 11.9 Å². The van der Waals surface area contributed by atoms with Gasteiger partial charge >= 0.3 is 0 Å². The predicted octanol–water partition coefficient (Wildman–Crippen LogP) is -1.55. The van der Waals surface area contributed by atoms with Gasteiger partial charge in [-0.25, -0.2) is 0 Å². The highest BCUT2D eigenvalue weighted by Gasteiger charge is 2.27. The Morgan fingerprint density at radius 3 is 2.06 bits per heavy atom. The molecule has 92 valence electrons. The van der Waals surface area contributed by atoms with Crippen LogP contribution in [0.15, 0.2) is 0 Å². The molecule has 2 unspecified atom stereocenters. The molecule has 1 aliphatic carbocycles. The van der Waals surface area contributed by atoms with Crippen molar-refractivity contribution in [2.24, 2.45) is 11.5 Å². The normalized spacial score (nSPS) is 19.1. The number of hydrogen-bond acceptors (Lipinski definition) is 4. The number of primary amides is 2. The van der Waals surface area contributed by atoms with E-state index in [1.165, 1.54) is 0 Å². The van der Waals surface area contributed by atoms with Gasteiger partial charge in [0.1, 0.15) is 0 Å². The van der Waals surface area contributed by atoms with Gasteiger partial charge in [-0.3, -0.25) is 9.59 Å². The van der Waals surface area contributed by atoms with Crippen LogP contribution in [0.4, 0.5) is 0 Å². The molecular formula is C10H20N4O2. The number of nitrogens with two attached hydrogens (primary N) is 2. The second kappa shape index (κ2) is 5.81. The lowest BCUT2D eigenvalue weighted by Gasteiger charge is -2.18. The molecule has 6 N–H and O–H groups in total. The minimum atomic E-state index is -0.405. The van der Waals surface area contributed by atoms with Crippen LogP contribution < -0.4 is 22.1 Å². The van der Waals surface area contributed by atoms with E-state index in [0.29, 0.717) is 18.9 Å². The SMILES string of the molecule is CNC(CCC(NC1CC1)C(N)=O)C(N)=O. The highest BCUT2D eigenvalue weighted by Crippen LogP contribution is 2.20. The highest BCUT2D eigenvalue weighted by molar-refractivity contribution is 5.81. The Labute approximate surface area is 95.1 Å². The van der Waals surface area contributed by atoms with E-state index in [1.807, 2.05) is 0 Å². The Hall–Kier alpha value is -1.14. The monoisotopic (exact) mass is 228 g/mol. The number of carbonyl (C=O) groups is 2. The quantitative estimate of drug-likeness (QED) is 0.403. The molecule has 0 heterocycles. The van der Waals surface area contributed by atoms with Gasteiger partial charge in [0, 0.05) is 6.04 Å². The number of carbonyl (C=O) groups excluding carboxylic acids is 2. The van der Waals surface area contributed by atoms with Gasteiger partial charge < -0.3 is 22.1 Å². The minimum Gasteiger partial charge on any atom is -0.368 e. The molecule has 0 spiro atoms. The van der Waals surface area contributed by atoms with Crippen LogP contribution in [-0.2, 0) is 9.59 Å². The second-order valence-electron chi connectivity index (χ2n) is 4.22. The van der Waals surface area contributed by atoms with Crippen molar-refractivity contribution in [1.82, 2.24) is 10.6 Å². The Balaban J connectivity index is 2.35. The smallest absolute Gasteiger partial charge is 0.234 e. The molecule has 0 aromatic heterocycles. The maximum absolute atomic E-state index is 11.2. The van der Waals surface area contributed by atoms with Crippen LogP contribution in [0.25, 0.3) is 0 Å². The van der Waals surface area contributed by atoms with Gasteiger partial charge in [-0.2, -0.15) is 0 Å². The van der Waals surface area contributed by atoms with Crippen LogP contribution in [0.1, 0.15) is 25.7 Å². The lowest BCUT2D eigenvalue weighted by Crippen LogP contribution is -2.45. The number of nitrogens with one attached hydrogen (secondary N) is 2. The first-order valence-electron chi connectivity index (χ1n) is 5.56. The van der Waals surface area contributed by atoms with Crippen molar-refractivity contribution in [2.75, 3.05) is 7.05 Å². The molecular weight excluding hydrogens is 208 g/mol. The fourth-order valence-corrected chi connectivity index (χ4v) is 1.60. The molecule has 2 amide bonds. The van der Waals surface area contributed by atoms with Crippen molar-refractivity contribution in [3.63, 3.8) is 0 Å². The summed E-state index contributed by atoms with van der Waals surface area (Å²) in [5.41, 5.74) is 10.5. The maximum Gasteiger partial charge on any atom is 0.234 e. The first-order valence-corrected chi connectivity index (χ1v) is 5.56. The lowest BCUT2D eigenvalue weighted by molar-refractivity contribution is -0.122. The first kappa shape index (κ1) is 12.9. The van der Waals surface area contributed by atoms with E-state index < -0.39 is 11.9 Å². The van der Waals surface area contributed by atoms with E-state index in [2.05, 4.69) is 10.6 Å². The highest BCUT2D eigenvalue weighted by atomic mass is 16.2. The third-order valence-corrected chi connectivity index (χ3v) is 2.79. The summed E-state index contributed by atoms with van der Waals surface area (Å²) in [4.78, 5) is 22.1. The summed E-state index contributed by atoms with van der Waals surface area (Å²) >= 11 is 0. The Bertz CT molecular complexity index is 266. The van der Waals surface area contributed by atoms with Crippen molar-refractivity contribution in [2.45, 2.75) is 43.8 Å². The molecule has 0 saturated heterocycles. The maximum atomic E-state index is 11.2. The van der Waals surface area contributed by atoms with Gasteiger partial charge in [0.15, 0.2) is 0 Å². The third kappa shape index (κ3) is 4.16. The van der Waals surface area contributed by atoms with Crippen LogP contribution >= 0.6 is 0 Å². The molecule has 6 nitrogen and oxygen atoms in total. The molecule has 1 saturated carbocycles. The van der Waals surface area contributed by atoms with E-state index in [1.54, 1.807) is 7.05 Å². The van der Waals surface area contributed by atoms with Gasteiger partial charge in [0.2, 0.25) is 11.8 Å². The predicted molar refractivity (Wildman–Crippen MR) is 60.4 cm³/mol. The van der Waals surface area contributed by atoms with Crippen molar-refractivity contribution in [3.05, 3.63) is 0 Å². The number of rotatable bonds is 8. The van der Waals surface area contributed by atoms with Crippen LogP contribution in [-0.4, -0.2) is 37.0 Å². The molecule has 2 atom stereocenters. The summed E-state index contributed by atoms with van der Waals surface area (Å²) in [6.45, 7) is 0. The minimum absolute atomic E-state index is 0.359. The molecule has 0 aromatic carbocycles. The first-order chi connectivity index (χ1) is 7.54. The fraction of sp³-hybridized carbons (Fsp3) is 0.800. The van der Waals surface area contributed by atoms with Crippen LogP contribution in [0.2, 0.25) is 0 Å². The zero-order chi connectivity index (χ0) is 12.1. The zero-order valence-electron chi connectivity index (χ0n) is 9.53. The summed E-state index contributed by atoms with van der Waals surface area (Å²) in [5.74, 6) is -0.775. The van der Waals surface area contributed by atoms with Crippen molar-refractivity contribution < 1.29 is 9.59 Å². The Morgan fingerprint density at radius 1 is 1.19 bits per heavy atom. The largest absolute Gasteiger partial charge is 0.368 e. The summed E-state index contributed by atoms with van der Waals surface area (Å²) < 4.78 is 0. The van der Waals surface area contributed by atoms with Crippen LogP contribution in [0.5, 0.6) is 0 Å². The van der Waals surface area contributed by atoms with Crippen molar-refractivity contribution in [1.29, 1.82) is 0 Å². The Morgan fingerprint density at radius 2 is 1.69 bits per heavy atom. The van der Waals surface area contributed by atoms with E-state index in [0.717, 1.165) is 12.8 Å². The number of amides is 2. The number of likely N-dealkylation sites (N-methyl/N-ethyl adjacent to an activating group) is 1. The zero-order valence-corrected chi connectivity index (χ0v) is 9.53. The molecule has 16 heavy (non-hydrogen) atoms. The van der Waals surface area contributed by atoms with Crippen LogP contribution in [0, 0.1) is 0 Å². The van der Waals surface area contributed by atoms with Crippen LogP contribution in [0.3, 0.4) is 0 Å². The molecule has 6 heteroatoms. The van der Waals surface area contributed by atoms with E-state index >= 15 is 0 Å². The van der Waals surface area contributed by atoms with Gasteiger partial charge in [0.05, 0.1) is 12.1 Å². The standard InChI is InChI=1S/C10H20N4O2/c1-13-7(9(11)15)4-5-8(10(12)16)14-6-2-3-6/h6-8,13-14H,2-5H2,1H3,(H2,11,15)(H2,12,16). The summed E-state index contributed by atoms with van der Waals surface area (Å²) in [7, 11) is 1.67. The summed E-state index contributed by atoms with van der Waals surface area (Å²) in [6, 6.07) is -0.343. The summed E-state index contributed by atoms with van der Waals surface area (Å²) in [5, 5.41) is 5.96. The van der Waals surface area contributed by atoms with Crippen molar-refractivity contribution in [3.8, 4) is 0 Å². The average Bonchev–Trinajstić information content (AvgIpc) is 2.99.